The Morgan fingerprint density at radius 2 is 1.72 bits per heavy atom. The van der Waals surface area contributed by atoms with Gasteiger partial charge < -0.3 is 24.5 Å². The van der Waals surface area contributed by atoms with E-state index in [1.54, 1.807) is 7.11 Å². The number of hydrogen-bond donors (Lipinski definition) is 1. The van der Waals surface area contributed by atoms with Gasteiger partial charge in [0.2, 0.25) is 0 Å². The van der Waals surface area contributed by atoms with Gasteiger partial charge in [0.1, 0.15) is 12.1 Å². The molecule has 6 nitrogen and oxygen atoms in total. The zero-order chi connectivity index (χ0) is 21.5. The quantitative estimate of drug-likeness (QED) is 0.356. The lowest BCUT2D eigenvalue weighted by Crippen LogP contribution is -2.26. The van der Waals surface area contributed by atoms with Crippen LogP contribution in [-0.4, -0.2) is 25.2 Å². The minimum atomic E-state index is 0. The maximum atomic E-state index is 5.99. The first-order chi connectivity index (χ1) is 15.3. The molecular formula is C25H28ClN3O3. The molecule has 1 aromatic heterocycles. The first-order valence-corrected chi connectivity index (χ1v) is 10.4. The van der Waals surface area contributed by atoms with E-state index in [-0.39, 0.29) is 12.4 Å². The first kappa shape index (κ1) is 23.4. The number of anilines is 1. The van der Waals surface area contributed by atoms with Crippen molar-refractivity contribution in [1.82, 2.24) is 4.98 Å². The van der Waals surface area contributed by atoms with Crippen molar-refractivity contribution in [2.24, 2.45) is 5.73 Å². The maximum Gasteiger partial charge on any atom is 0.298 e. The van der Waals surface area contributed by atoms with Gasteiger partial charge in [0.25, 0.3) is 6.01 Å². The molecule has 0 spiro atoms. The van der Waals surface area contributed by atoms with E-state index in [9.17, 15) is 0 Å². The molecule has 7 heteroatoms. The van der Waals surface area contributed by atoms with Crippen molar-refractivity contribution in [3.05, 3.63) is 83.9 Å². The molecule has 168 valence electrons. The predicted molar refractivity (Wildman–Crippen MR) is 130 cm³/mol. The Balaban J connectivity index is 0.00000289. The van der Waals surface area contributed by atoms with Crippen LogP contribution in [0.25, 0.3) is 11.1 Å². The van der Waals surface area contributed by atoms with Gasteiger partial charge in [0.15, 0.2) is 17.1 Å². The van der Waals surface area contributed by atoms with Crippen molar-refractivity contribution in [3.8, 4) is 11.5 Å². The first-order valence-electron chi connectivity index (χ1n) is 10.4. The normalized spacial score (nSPS) is 10.6. The third kappa shape index (κ3) is 5.72. The number of benzene rings is 3. The molecule has 0 radical (unpaired) electrons. The summed E-state index contributed by atoms with van der Waals surface area (Å²) in [5.41, 5.74) is 9.56. The van der Waals surface area contributed by atoms with Crippen LogP contribution < -0.4 is 20.1 Å². The van der Waals surface area contributed by atoms with Crippen LogP contribution in [0.5, 0.6) is 11.5 Å². The van der Waals surface area contributed by atoms with Crippen molar-refractivity contribution in [3.63, 3.8) is 0 Å². The highest BCUT2D eigenvalue weighted by Crippen LogP contribution is 2.30. The fraction of sp³-hybridized carbons (Fsp3) is 0.240. The Bertz CT molecular complexity index is 1080. The highest BCUT2D eigenvalue weighted by Gasteiger charge is 2.16. The molecule has 0 aliphatic carbocycles. The minimum Gasteiger partial charge on any atom is -0.493 e. The molecule has 0 atom stereocenters. The molecule has 0 amide bonds. The van der Waals surface area contributed by atoms with E-state index < -0.39 is 0 Å². The fourth-order valence-corrected chi connectivity index (χ4v) is 3.41. The Morgan fingerprint density at radius 3 is 2.47 bits per heavy atom. The molecule has 0 unspecified atom stereocenters. The summed E-state index contributed by atoms with van der Waals surface area (Å²) in [7, 11) is 1.65. The van der Waals surface area contributed by atoms with Crippen molar-refractivity contribution in [1.29, 1.82) is 0 Å². The lowest BCUT2D eigenvalue weighted by Gasteiger charge is -2.21. The maximum absolute atomic E-state index is 5.99. The van der Waals surface area contributed by atoms with Crippen LogP contribution in [-0.2, 0) is 13.2 Å². The molecular weight excluding hydrogens is 426 g/mol. The second-order valence-corrected chi connectivity index (χ2v) is 7.29. The number of rotatable bonds is 10. The van der Waals surface area contributed by atoms with E-state index in [4.69, 9.17) is 19.6 Å². The van der Waals surface area contributed by atoms with Crippen LogP contribution in [0.3, 0.4) is 0 Å². The molecule has 4 aromatic rings. The summed E-state index contributed by atoms with van der Waals surface area (Å²) in [5, 5.41) is 0. The summed E-state index contributed by atoms with van der Waals surface area (Å²) in [5.74, 6) is 1.41. The summed E-state index contributed by atoms with van der Waals surface area (Å²) in [4.78, 5) is 6.75. The van der Waals surface area contributed by atoms with Gasteiger partial charge in [-0.3, -0.25) is 0 Å². The second kappa shape index (κ2) is 11.4. The lowest BCUT2D eigenvalue weighted by atomic mass is 10.2. The van der Waals surface area contributed by atoms with E-state index in [0.717, 1.165) is 35.2 Å². The van der Waals surface area contributed by atoms with Crippen LogP contribution in [0.15, 0.2) is 77.2 Å². The van der Waals surface area contributed by atoms with Crippen molar-refractivity contribution >= 4 is 29.5 Å². The largest absolute Gasteiger partial charge is 0.493 e. The minimum absolute atomic E-state index is 0. The molecule has 32 heavy (non-hydrogen) atoms. The van der Waals surface area contributed by atoms with Crippen LogP contribution in [0.1, 0.15) is 17.5 Å². The molecule has 0 saturated carbocycles. The number of ether oxygens (including phenoxy) is 2. The number of halogens is 1. The third-order valence-corrected chi connectivity index (χ3v) is 5.02. The number of fused-ring (bicyclic) bond motifs is 1. The molecule has 0 bridgehead atoms. The van der Waals surface area contributed by atoms with Gasteiger partial charge in [-0.2, -0.15) is 4.98 Å². The van der Waals surface area contributed by atoms with Gasteiger partial charge in [-0.05, 0) is 48.4 Å². The highest BCUT2D eigenvalue weighted by atomic mass is 35.5. The van der Waals surface area contributed by atoms with Gasteiger partial charge in [-0.15, -0.1) is 12.4 Å². The van der Waals surface area contributed by atoms with Crippen LogP contribution >= 0.6 is 12.4 Å². The third-order valence-electron chi connectivity index (χ3n) is 5.02. The van der Waals surface area contributed by atoms with Crippen LogP contribution in [0.4, 0.5) is 6.01 Å². The average Bonchev–Trinajstić information content (AvgIpc) is 3.25. The highest BCUT2D eigenvalue weighted by molar-refractivity contribution is 5.85. The topological polar surface area (TPSA) is 73.8 Å². The monoisotopic (exact) mass is 453 g/mol. The smallest absolute Gasteiger partial charge is 0.298 e. The number of para-hydroxylation sites is 2. The number of methoxy groups -OCH3 is 1. The summed E-state index contributed by atoms with van der Waals surface area (Å²) >= 11 is 0. The summed E-state index contributed by atoms with van der Waals surface area (Å²) < 4.78 is 17.6. The van der Waals surface area contributed by atoms with E-state index in [1.165, 1.54) is 0 Å². The van der Waals surface area contributed by atoms with E-state index in [2.05, 4.69) is 9.88 Å². The molecule has 0 fully saturated rings. The van der Waals surface area contributed by atoms with Gasteiger partial charge in [0.05, 0.1) is 7.11 Å². The summed E-state index contributed by atoms with van der Waals surface area (Å²) in [6, 6.07) is 24.4. The van der Waals surface area contributed by atoms with Crippen LogP contribution in [0, 0.1) is 0 Å². The molecule has 1 heterocycles. The van der Waals surface area contributed by atoms with Crippen molar-refractivity contribution in [2.45, 2.75) is 19.6 Å². The van der Waals surface area contributed by atoms with Crippen LogP contribution in [0.2, 0.25) is 0 Å². The standard InChI is InChI=1S/C25H27N3O3.ClH/c1-29-24-16-20(12-13-23(24)30-18-19-8-3-2-4-9-19)17-28(15-7-14-26)25-27-21-10-5-6-11-22(21)31-25;/h2-6,8-13,16H,7,14-15,17-18,26H2,1H3;1H. The molecule has 3 aromatic carbocycles. The van der Waals surface area contributed by atoms with Gasteiger partial charge in [-0.25, -0.2) is 0 Å². The Morgan fingerprint density at radius 1 is 0.938 bits per heavy atom. The zero-order valence-corrected chi connectivity index (χ0v) is 18.9. The predicted octanol–water partition coefficient (Wildman–Crippen LogP) is 5.19. The number of hydrogen-bond acceptors (Lipinski definition) is 6. The SMILES string of the molecule is COc1cc(CN(CCCN)c2nc3ccccc3o2)ccc1OCc1ccccc1.Cl. The van der Waals surface area contributed by atoms with E-state index >= 15 is 0 Å². The number of nitrogens with two attached hydrogens (primary N) is 1. The van der Waals surface area contributed by atoms with Crippen molar-refractivity contribution in [2.75, 3.05) is 25.1 Å². The van der Waals surface area contributed by atoms with Gasteiger partial charge >= 0.3 is 0 Å². The summed E-state index contributed by atoms with van der Waals surface area (Å²) in [6.07, 6.45) is 0.841. The Hall–Kier alpha value is -3.22. The van der Waals surface area contributed by atoms with Gasteiger partial charge in [-0.1, -0.05) is 48.5 Å². The fourth-order valence-electron chi connectivity index (χ4n) is 3.41. The molecule has 0 saturated heterocycles. The Kier molecular flexibility index (Phi) is 8.36. The summed E-state index contributed by atoms with van der Waals surface area (Å²) in [6.45, 7) is 2.47. The number of nitrogens with zero attached hydrogens (tertiary/aromatic N) is 2. The molecule has 0 aliphatic rings. The zero-order valence-electron chi connectivity index (χ0n) is 18.1. The Labute approximate surface area is 194 Å². The molecule has 4 rings (SSSR count). The van der Waals surface area contributed by atoms with Gasteiger partial charge in [0, 0.05) is 13.1 Å². The second-order valence-electron chi connectivity index (χ2n) is 7.29. The van der Waals surface area contributed by atoms with E-state index in [0.29, 0.717) is 37.2 Å². The number of oxazole rings is 1. The lowest BCUT2D eigenvalue weighted by molar-refractivity contribution is 0.284. The average molecular weight is 454 g/mol. The number of aromatic nitrogens is 1. The van der Waals surface area contributed by atoms with Crippen molar-refractivity contribution < 1.29 is 13.9 Å². The molecule has 2 N–H and O–H groups in total. The van der Waals surface area contributed by atoms with E-state index in [1.807, 2.05) is 72.8 Å². The molecule has 0 aliphatic heterocycles.